The van der Waals surface area contributed by atoms with Gasteiger partial charge in [0.05, 0.1) is 22.8 Å². The molecule has 3 heterocycles. The molecule has 47 heavy (non-hydrogen) atoms. The number of piperidine rings is 1. The Morgan fingerprint density at radius 2 is 1.79 bits per heavy atom. The SMILES string of the molecule is Cc1ccc2c(CS(=O)(=O)Cc3ccccc3C(C)(F)F)c(F)ccc2c1Oc1ncccc1-c1ccnc(N[C@H]2CCCNC2)n1. The zero-order valence-electron chi connectivity index (χ0n) is 25.9. The lowest BCUT2D eigenvalue weighted by atomic mass is 10.0. The van der Waals surface area contributed by atoms with Crippen molar-refractivity contribution in [1.29, 1.82) is 0 Å². The minimum Gasteiger partial charge on any atom is -0.437 e. The fourth-order valence-corrected chi connectivity index (χ4v) is 7.45. The zero-order chi connectivity index (χ0) is 33.2. The second-order valence-corrected chi connectivity index (χ2v) is 13.9. The van der Waals surface area contributed by atoms with Crippen molar-refractivity contribution in [3.63, 3.8) is 0 Å². The highest BCUT2D eigenvalue weighted by Crippen LogP contribution is 2.39. The number of anilines is 1. The van der Waals surface area contributed by atoms with Crippen LogP contribution in [0.25, 0.3) is 22.0 Å². The van der Waals surface area contributed by atoms with E-state index >= 15 is 4.39 Å². The van der Waals surface area contributed by atoms with Crippen LogP contribution in [0.15, 0.2) is 79.1 Å². The number of nitrogens with zero attached hydrogens (tertiary/aromatic N) is 3. The molecule has 1 saturated heterocycles. The highest BCUT2D eigenvalue weighted by molar-refractivity contribution is 7.89. The summed E-state index contributed by atoms with van der Waals surface area (Å²) in [4.78, 5) is 13.6. The Labute approximate surface area is 271 Å². The smallest absolute Gasteiger partial charge is 0.270 e. The van der Waals surface area contributed by atoms with E-state index in [2.05, 4.69) is 20.6 Å². The lowest BCUT2D eigenvalue weighted by Gasteiger charge is -2.23. The molecule has 0 radical (unpaired) electrons. The van der Waals surface area contributed by atoms with Crippen molar-refractivity contribution in [2.45, 2.75) is 50.2 Å². The van der Waals surface area contributed by atoms with E-state index in [1.165, 1.54) is 36.4 Å². The molecule has 1 atom stereocenters. The summed E-state index contributed by atoms with van der Waals surface area (Å²) in [6, 6.07) is 17.1. The molecule has 2 aromatic heterocycles. The summed E-state index contributed by atoms with van der Waals surface area (Å²) < 4.78 is 76.9. The van der Waals surface area contributed by atoms with Crippen LogP contribution in [0.5, 0.6) is 11.6 Å². The third-order valence-corrected chi connectivity index (χ3v) is 9.64. The molecule has 0 saturated carbocycles. The molecule has 244 valence electrons. The Balaban J connectivity index is 1.33. The summed E-state index contributed by atoms with van der Waals surface area (Å²) in [6.07, 6.45) is 5.32. The van der Waals surface area contributed by atoms with Crippen molar-refractivity contribution < 1.29 is 26.3 Å². The first-order valence-corrected chi connectivity index (χ1v) is 17.1. The first-order chi connectivity index (χ1) is 22.5. The van der Waals surface area contributed by atoms with E-state index in [4.69, 9.17) is 9.72 Å². The van der Waals surface area contributed by atoms with Crippen LogP contribution < -0.4 is 15.4 Å². The number of pyridine rings is 1. The second kappa shape index (κ2) is 13.3. The van der Waals surface area contributed by atoms with E-state index in [0.29, 0.717) is 39.3 Å². The van der Waals surface area contributed by atoms with Gasteiger partial charge in [0.1, 0.15) is 11.6 Å². The molecule has 0 bridgehead atoms. The normalized spacial score (nSPS) is 15.5. The lowest BCUT2D eigenvalue weighted by Crippen LogP contribution is -2.38. The summed E-state index contributed by atoms with van der Waals surface area (Å²) >= 11 is 0. The maximum atomic E-state index is 15.3. The Bertz CT molecular complexity index is 2030. The number of benzene rings is 3. The molecule has 12 heteroatoms. The molecular formula is C35H34F3N5O3S. The fourth-order valence-electron chi connectivity index (χ4n) is 5.89. The third kappa shape index (κ3) is 7.39. The van der Waals surface area contributed by atoms with E-state index in [0.717, 1.165) is 32.9 Å². The van der Waals surface area contributed by atoms with Gasteiger partial charge in [0.2, 0.25) is 11.8 Å². The summed E-state index contributed by atoms with van der Waals surface area (Å²) in [6.45, 7) is 4.35. The summed E-state index contributed by atoms with van der Waals surface area (Å²) in [5.41, 5.74) is 1.43. The number of hydrogen-bond acceptors (Lipinski definition) is 8. The highest BCUT2D eigenvalue weighted by Gasteiger charge is 2.29. The molecule has 8 nitrogen and oxygen atoms in total. The van der Waals surface area contributed by atoms with Crippen LogP contribution >= 0.6 is 0 Å². The molecule has 1 aliphatic rings. The number of aromatic nitrogens is 3. The molecule has 3 aromatic carbocycles. The maximum Gasteiger partial charge on any atom is 0.270 e. The van der Waals surface area contributed by atoms with Crippen LogP contribution in [0.1, 0.15) is 42.0 Å². The van der Waals surface area contributed by atoms with E-state index in [-0.39, 0.29) is 28.6 Å². The van der Waals surface area contributed by atoms with Gasteiger partial charge in [-0.05, 0) is 73.2 Å². The number of aryl methyl sites for hydroxylation is 1. The van der Waals surface area contributed by atoms with Gasteiger partial charge in [0.25, 0.3) is 5.92 Å². The Morgan fingerprint density at radius 3 is 2.57 bits per heavy atom. The van der Waals surface area contributed by atoms with Crippen molar-refractivity contribution in [3.05, 3.63) is 107 Å². The molecule has 1 aliphatic heterocycles. The van der Waals surface area contributed by atoms with Crippen LogP contribution in [0.2, 0.25) is 0 Å². The van der Waals surface area contributed by atoms with Gasteiger partial charge in [0, 0.05) is 48.4 Å². The van der Waals surface area contributed by atoms with E-state index in [1.54, 1.807) is 36.7 Å². The minimum atomic E-state index is -4.07. The second-order valence-electron chi connectivity index (χ2n) is 11.8. The van der Waals surface area contributed by atoms with Gasteiger partial charge in [-0.3, -0.25) is 0 Å². The summed E-state index contributed by atoms with van der Waals surface area (Å²) in [5, 5.41) is 7.55. The first-order valence-electron chi connectivity index (χ1n) is 15.3. The van der Waals surface area contributed by atoms with Crippen molar-refractivity contribution in [3.8, 4) is 22.9 Å². The number of halogens is 3. The van der Waals surface area contributed by atoms with Crippen LogP contribution in [-0.2, 0) is 27.3 Å². The van der Waals surface area contributed by atoms with Crippen LogP contribution in [-0.4, -0.2) is 42.5 Å². The van der Waals surface area contributed by atoms with Gasteiger partial charge in [-0.25, -0.2) is 36.5 Å². The van der Waals surface area contributed by atoms with Crippen molar-refractivity contribution in [1.82, 2.24) is 20.3 Å². The average molecular weight is 662 g/mol. The molecular weight excluding hydrogens is 627 g/mol. The molecule has 6 rings (SSSR count). The number of sulfone groups is 1. The fraction of sp³-hybridized carbons (Fsp3) is 0.286. The first kappa shape index (κ1) is 32.4. The molecule has 0 aliphatic carbocycles. The van der Waals surface area contributed by atoms with Gasteiger partial charge in [-0.15, -0.1) is 0 Å². The van der Waals surface area contributed by atoms with Gasteiger partial charge >= 0.3 is 0 Å². The number of fused-ring (bicyclic) bond motifs is 1. The number of nitrogens with one attached hydrogen (secondary N) is 2. The molecule has 2 N–H and O–H groups in total. The number of hydrogen-bond donors (Lipinski definition) is 2. The predicted molar refractivity (Wildman–Crippen MR) is 176 cm³/mol. The Hall–Kier alpha value is -4.55. The van der Waals surface area contributed by atoms with Gasteiger partial charge < -0.3 is 15.4 Å². The lowest BCUT2D eigenvalue weighted by molar-refractivity contribution is 0.0167. The average Bonchev–Trinajstić information content (AvgIpc) is 3.04. The summed E-state index contributed by atoms with van der Waals surface area (Å²) in [7, 11) is -4.07. The minimum absolute atomic E-state index is 0.0262. The van der Waals surface area contributed by atoms with Gasteiger partial charge in [0.15, 0.2) is 9.84 Å². The van der Waals surface area contributed by atoms with E-state index < -0.39 is 33.1 Å². The van der Waals surface area contributed by atoms with E-state index in [1.807, 2.05) is 13.0 Å². The number of alkyl halides is 2. The van der Waals surface area contributed by atoms with Crippen molar-refractivity contribution in [2.24, 2.45) is 0 Å². The third-order valence-electron chi connectivity index (χ3n) is 8.16. The van der Waals surface area contributed by atoms with Crippen LogP contribution in [0, 0.1) is 12.7 Å². The van der Waals surface area contributed by atoms with Gasteiger partial charge in [-0.1, -0.05) is 36.4 Å². The predicted octanol–water partition coefficient (Wildman–Crippen LogP) is 7.32. The summed E-state index contributed by atoms with van der Waals surface area (Å²) in [5.74, 6) is -4.20. The van der Waals surface area contributed by atoms with Gasteiger partial charge in [-0.2, -0.15) is 0 Å². The zero-order valence-corrected chi connectivity index (χ0v) is 26.8. The molecule has 5 aromatic rings. The molecule has 1 fully saturated rings. The van der Waals surface area contributed by atoms with Crippen LogP contribution in [0.3, 0.4) is 0 Å². The highest BCUT2D eigenvalue weighted by atomic mass is 32.2. The molecule has 0 unspecified atom stereocenters. The monoisotopic (exact) mass is 661 g/mol. The molecule has 0 amide bonds. The van der Waals surface area contributed by atoms with Crippen molar-refractivity contribution in [2.75, 3.05) is 18.4 Å². The number of rotatable bonds is 10. The van der Waals surface area contributed by atoms with Crippen LogP contribution in [0.4, 0.5) is 19.1 Å². The number of ether oxygens (including phenoxy) is 1. The topological polar surface area (TPSA) is 106 Å². The largest absolute Gasteiger partial charge is 0.437 e. The quantitative estimate of drug-likeness (QED) is 0.160. The Kier molecular flexibility index (Phi) is 9.16. The Morgan fingerprint density at radius 1 is 0.979 bits per heavy atom. The standard InChI is InChI=1S/C35H34F3N5O3S/c1-22-11-12-25-26(13-14-30(36)28(25)21-47(44,45)20-23-7-3-4-10-29(23)35(2,37)38)32(22)46-33-27(9-6-17-40-33)31-15-18-41-34(43-31)42-24-8-5-16-39-19-24/h3-4,6-7,9-15,17-18,24,39H,5,8,16,19-21H2,1-2H3,(H,41,42,43)/t24-/m0/s1. The molecule has 0 spiro atoms. The maximum absolute atomic E-state index is 15.3. The van der Waals surface area contributed by atoms with E-state index in [9.17, 15) is 17.2 Å². The van der Waals surface area contributed by atoms with Crippen molar-refractivity contribution >= 4 is 26.6 Å².